The molecular formula is C22H23N3O5. The molecular weight excluding hydrogens is 386 g/mol. The summed E-state index contributed by atoms with van der Waals surface area (Å²) in [7, 11) is 3.32. The van der Waals surface area contributed by atoms with E-state index in [-0.39, 0.29) is 11.8 Å². The van der Waals surface area contributed by atoms with Crippen LogP contribution >= 0.6 is 0 Å². The minimum atomic E-state index is -0.628. The fourth-order valence-corrected chi connectivity index (χ4v) is 3.06. The number of amides is 3. The first-order valence-corrected chi connectivity index (χ1v) is 9.54. The molecule has 0 atom stereocenters. The molecule has 3 rings (SSSR count). The van der Waals surface area contributed by atoms with Crippen LogP contribution in [-0.2, 0) is 14.3 Å². The molecule has 2 aromatic carbocycles. The van der Waals surface area contributed by atoms with Crippen molar-refractivity contribution in [3.63, 3.8) is 0 Å². The van der Waals surface area contributed by atoms with E-state index in [0.717, 1.165) is 12.1 Å². The van der Waals surface area contributed by atoms with E-state index >= 15 is 0 Å². The summed E-state index contributed by atoms with van der Waals surface area (Å²) in [5.41, 5.74) is 2.03. The molecule has 3 amide bonds. The van der Waals surface area contributed by atoms with Crippen molar-refractivity contribution in [1.82, 2.24) is 4.90 Å². The van der Waals surface area contributed by atoms with Crippen molar-refractivity contribution in [3.05, 3.63) is 59.7 Å². The Hall–Kier alpha value is -3.68. The topological polar surface area (TPSA) is 96.0 Å². The SMILES string of the molecule is CN(C)C(=O)c1ccc(NC(=O)COC(=O)c2ccc(N3CCCC3=O)cc2)cc1. The molecule has 0 saturated carbocycles. The Kier molecular flexibility index (Phi) is 6.46. The molecule has 1 aliphatic rings. The second-order valence-corrected chi connectivity index (χ2v) is 7.10. The lowest BCUT2D eigenvalue weighted by molar-refractivity contribution is -0.119. The largest absolute Gasteiger partial charge is 0.452 e. The average Bonchev–Trinajstić information content (AvgIpc) is 3.18. The zero-order chi connectivity index (χ0) is 21.7. The number of esters is 1. The summed E-state index contributed by atoms with van der Waals surface area (Å²) in [5, 5.41) is 2.61. The number of ether oxygens (including phenoxy) is 1. The third-order valence-electron chi connectivity index (χ3n) is 4.64. The molecule has 0 spiro atoms. The van der Waals surface area contributed by atoms with Crippen molar-refractivity contribution in [3.8, 4) is 0 Å². The third-order valence-corrected chi connectivity index (χ3v) is 4.64. The Labute approximate surface area is 174 Å². The molecule has 1 fully saturated rings. The van der Waals surface area contributed by atoms with Gasteiger partial charge in [-0.2, -0.15) is 0 Å². The second-order valence-electron chi connectivity index (χ2n) is 7.10. The van der Waals surface area contributed by atoms with Crippen molar-refractivity contribution in [2.24, 2.45) is 0 Å². The van der Waals surface area contributed by atoms with Gasteiger partial charge in [0.05, 0.1) is 5.56 Å². The highest BCUT2D eigenvalue weighted by Gasteiger charge is 2.22. The summed E-state index contributed by atoms with van der Waals surface area (Å²) in [5.74, 6) is -1.19. The van der Waals surface area contributed by atoms with Crippen LogP contribution in [0.25, 0.3) is 0 Å². The van der Waals surface area contributed by atoms with E-state index in [0.29, 0.717) is 29.8 Å². The number of hydrogen-bond donors (Lipinski definition) is 1. The Bertz CT molecular complexity index is 952. The fraction of sp³-hybridized carbons (Fsp3) is 0.273. The maximum atomic E-state index is 12.2. The maximum Gasteiger partial charge on any atom is 0.338 e. The molecule has 30 heavy (non-hydrogen) atoms. The van der Waals surface area contributed by atoms with E-state index in [1.165, 1.54) is 4.90 Å². The molecule has 156 valence electrons. The van der Waals surface area contributed by atoms with Gasteiger partial charge in [0.15, 0.2) is 6.61 Å². The van der Waals surface area contributed by atoms with E-state index in [2.05, 4.69) is 5.32 Å². The van der Waals surface area contributed by atoms with E-state index in [4.69, 9.17) is 4.74 Å². The van der Waals surface area contributed by atoms with E-state index in [9.17, 15) is 19.2 Å². The highest BCUT2D eigenvalue weighted by molar-refractivity contribution is 5.98. The number of hydrogen-bond acceptors (Lipinski definition) is 5. The number of benzene rings is 2. The van der Waals surface area contributed by atoms with Crippen LogP contribution in [0.4, 0.5) is 11.4 Å². The predicted octanol–water partition coefficient (Wildman–Crippen LogP) is 2.31. The summed E-state index contributed by atoms with van der Waals surface area (Å²) in [6, 6.07) is 13.0. The van der Waals surface area contributed by atoms with Gasteiger partial charge in [-0.25, -0.2) is 4.79 Å². The molecule has 1 heterocycles. The van der Waals surface area contributed by atoms with Crippen LogP contribution in [0.3, 0.4) is 0 Å². The summed E-state index contributed by atoms with van der Waals surface area (Å²) in [6.45, 7) is 0.233. The molecule has 0 aliphatic carbocycles. The van der Waals surface area contributed by atoms with Crippen molar-refractivity contribution in [1.29, 1.82) is 0 Å². The van der Waals surface area contributed by atoms with Crippen LogP contribution in [0.2, 0.25) is 0 Å². The summed E-state index contributed by atoms with van der Waals surface area (Å²) in [6.07, 6.45) is 1.36. The minimum absolute atomic E-state index is 0.0705. The van der Waals surface area contributed by atoms with E-state index in [1.807, 2.05) is 0 Å². The lowest BCUT2D eigenvalue weighted by Crippen LogP contribution is -2.24. The van der Waals surface area contributed by atoms with Gasteiger partial charge in [0, 0.05) is 44.0 Å². The minimum Gasteiger partial charge on any atom is -0.452 e. The van der Waals surface area contributed by atoms with Gasteiger partial charge in [0.25, 0.3) is 11.8 Å². The molecule has 0 unspecified atom stereocenters. The zero-order valence-electron chi connectivity index (χ0n) is 16.9. The Morgan fingerprint density at radius 3 is 2.20 bits per heavy atom. The van der Waals surface area contributed by atoms with Gasteiger partial charge in [-0.3, -0.25) is 14.4 Å². The van der Waals surface area contributed by atoms with Crippen molar-refractivity contribution in [2.45, 2.75) is 12.8 Å². The molecule has 1 aliphatic heterocycles. The average molecular weight is 409 g/mol. The monoisotopic (exact) mass is 409 g/mol. The fourth-order valence-electron chi connectivity index (χ4n) is 3.06. The molecule has 0 bridgehead atoms. The number of carbonyl (C=O) groups excluding carboxylic acids is 4. The van der Waals surface area contributed by atoms with Crippen LogP contribution in [0, 0.1) is 0 Å². The first-order chi connectivity index (χ1) is 14.3. The quantitative estimate of drug-likeness (QED) is 0.739. The standard InChI is InChI=1S/C22H23N3O5/c1-24(2)21(28)15-5-9-17(10-6-15)23-19(26)14-30-22(29)16-7-11-18(12-8-16)25-13-3-4-20(25)27/h5-12H,3-4,13-14H2,1-2H3,(H,23,26). The molecule has 0 radical (unpaired) electrons. The van der Waals surface area contributed by atoms with E-state index < -0.39 is 18.5 Å². The molecule has 1 N–H and O–H groups in total. The van der Waals surface area contributed by atoms with Crippen LogP contribution < -0.4 is 10.2 Å². The van der Waals surface area contributed by atoms with E-state index in [1.54, 1.807) is 67.5 Å². The van der Waals surface area contributed by atoms with Crippen LogP contribution in [0.5, 0.6) is 0 Å². The highest BCUT2D eigenvalue weighted by atomic mass is 16.5. The number of anilines is 2. The molecule has 8 nitrogen and oxygen atoms in total. The van der Waals surface area contributed by atoms with Crippen molar-refractivity contribution >= 4 is 35.1 Å². The van der Waals surface area contributed by atoms with Crippen LogP contribution in [-0.4, -0.2) is 55.8 Å². The van der Waals surface area contributed by atoms with Gasteiger partial charge in [-0.05, 0) is 55.0 Å². The maximum absolute atomic E-state index is 12.2. The third kappa shape index (κ3) is 5.02. The van der Waals surface area contributed by atoms with Gasteiger partial charge >= 0.3 is 5.97 Å². The highest BCUT2D eigenvalue weighted by Crippen LogP contribution is 2.21. The molecule has 2 aromatic rings. The van der Waals surface area contributed by atoms with Gasteiger partial charge < -0.3 is 19.9 Å². The van der Waals surface area contributed by atoms with Gasteiger partial charge in [-0.1, -0.05) is 0 Å². The lowest BCUT2D eigenvalue weighted by Gasteiger charge is -2.15. The second kappa shape index (κ2) is 9.21. The summed E-state index contributed by atoms with van der Waals surface area (Å²) < 4.78 is 5.05. The molecule has 8 heteroatoms. The normalized spacial score (nSPS) is 13.1. The van der Waals surface area contributed by atoms with Gasteiger partial charge in [0.2, 0.25) is 5.91 Å². The zero-order valence-corrected chi connectivity index (χ0v) is 16.9. The number of rotatable bonds is 6. The van der Waals surface area contributed by atoms with Gasteiger partial charge in [0.1, 0.15) is 0 Å². The van der Waals surface area contributed by atoms with Crippen LogP contribution in [0.15, 0.2) is 48.5 Å². The lowest BCUT2D eigenvalue weighted by atomic mass is 10.2. The Morgan fingerprint density at radius 1 is 1.00 bits per heavy atom. The molecule has 1 saturated heterocycles. The number of nitrogens with zero attached hydrogens (tertiary/aromatic N) is 2. The summed E-state index contributed by atoms with van der Waals surface area (Å²) in [4.78, 5) is 51.0. The number of nitrogens with one attached hydrogen (secondary N) is 1. The molecule has 0 aromatic heterocycles. The smallest absolute Gasteiger partial charge is 0.338 e. The van der Waals surface area contributed by atoms with Crippen molar-refractivity contribution < 1.29 is 23.9 Å². The predicted molar refractivity (Wildman–Crippen MR) is 111 cm³/mol. The van der Waals surface area contributed by atoms with Crippen molar-refractivity contribution in [2.75, 3.05) is 37.5 Å². The first-order valence-electron chi connectivity index (χ1n) is 9.54. The number of carbonyl (C=O) groups is 4. The summed E-state index contributed by atoms with van der Waals surface area (Å²) >= 11 is 0. The Balaban J connectivity index is 1.50. The van der Waals surface area contributed by atoms with Crippen LogP contribution in [0.1, 0.15) is 33.6 Å². The first kappa shape index (κ1) is 21.0. The van der Waals surface area contributed by atoms with Gasteiger partial charge in [-0.15, -0.1) is 0 Å². The Morgan fingerprint density at radius 2 is 1.63 bits per heavy atom.